The van der Waals surface area contributed by atoms with Crippen molar-refractivity contribution in [1.29, 1.82) is 0 Å². The van der Waals surface area contributed by atoms with E-state index in [0.29, 0.717) is 13.1 Å². The number of carbonyl (C=O) groups excluding carboxylic acids is 1. The summed E-state index contributed by atoms with van der Waals surface area (Å²) in [5, 5.41) is 0. The molecule has 0 radical (unpaired) electrons. The van der Waals surface area contributed by atoms with E-state index >= 15 is 0 Å². The number of hydrogen-bond donors (Lipinski definition) is 1. The predicted octanol–water partition coefficient (Wildman–Crippen LogP) is 2.27. The molecule has 1 heterocycles. The Morgan fingerprint density at radius 1 is 1.13 bits per heavy atom. The van der Waals surface area contributed by atoms with Crippen LogP contribution in [0.1, 0.15) is 46.1 Å². The Hall–Kier alpha value is -1.40. The first-order chi connectivity index (χ1) is 10.6. The van der Waals surface area contributed by atoms with Gasteiger partial charge in [-0.1, -0.05) is 32.9 Å². The molecule has 1 saturated heterocycles. The summed E-state index contributed by atoms with van der Waals surface area (Å²) < 4.78 is 27.4. The number of sulfonamides is 1. The minimum absolute atomic E-state index is 0.0330. The van der Waals surface area contributed by atoms with E-state index in [4.69, 9.17) is 0 Å². The van der Waals surface area contributed by atoms with E-state index in [1.54, 1.807) is 24.0 Å². The Morgan fingerprint density at radius 2 is 1.65 bits per heavy atom. The van der Waals surface area contributed by atoms with Crippen LogP contribution in [-0.4, -0.2) is 38.4 Å². The first kappa shape index (κ1) is 17.9. The second kappa shape index (κ2) is 6.61. The maximum Gasteiger partial charge on any atom is 0.241 e. The van der Waals surface area contributed by atoms with Crippen LogP contribution in [0.4, 0.5) is 0 Å². The van der Waals surface area contributed by atoms with Crippen LogP contribution in [-0.2, 0) is 20.2 Å². The van der Waals surface area contributed by atoms with Crippen molar-refractivity contribution in [3.8, 4) is 0 Å². The first-order valence-electron chi connectivity index (χ1n) is 8.03. The molecule has 1 atom stereocenters. The van der Waals surface area contributed by atoms with Crippen molar-refractivity contribution in [2.24, 2.45) is 0 Å². The van der Waals surface area contributed by atoms with Gasteiger partial charge in [0.15, 0.2) is 0 Å². The van der Waals surface area contributed by atoms with Gasteiger partial charge in [0.05, 0.1) is 10.9 Å². The predicted molar refractivity (Wildman–Crippen MR) is 90.7 cm³/mol. The average Bonchev–Trinajstić information content (AvgIpc) is 2.99. The zero-order valence-electron chi connectivity index (χ0n) is 14.3. The normalized spacial score (nSPS) is 17.3. The van der Waals surface area contributed by atoms with E-state index in [0.717, 1.165) is 18.4 Å². The van der Waals surface area contributed by atoms with Crippen LogP contribution < -0.4 is 4.72 Å². The summed E-state index contributed by atoms with van der Waals surface area (Å²) in [5.41, 5.74) is 1.03. The van der Waals surface area contributed by atoms with Crippen molar-refractivity contribution in [2.45, 2.75) is 56.9 Å². The molecule has 1 aromatic carbocycles. The lowest BCUT2D eigenvalue weighted by molar-refractivity contribution is -0.131. The highest BCUT2D eigenvalue weighted by atomic mass is 32.2. The molecule has 6 heteroatoms. The first-order valence-corrected chi connectivity index (χ1v) is 9.51. The van der Waals surface area contributed by atoms with Crippen LogP contribution >= 0.6 is 0 Å². The van der Waals surface area contributed by atoms with E-state index in [2.05, 4.69) is 25.5 Å². The molecule has 128 valence electrons. The summed E-state index contributed by atoms with van der Waals surface area (Å²) in [4.78, 5) is 14.1. The van der Waals surface area contributed by atoms with Gasteiger partial charge in [0, 0.05) is 13.1 Å². The molecule has 0 bridgehead atoms. The fourth-order valence-corrected chi connectivity index (χ4v) is 3.89. The van der Waals surface area contributed by atoms with Crippen LogP contribution in [0.25, 0.3) is 0 Å². The van der Waals surface area contributed by atoms with Gasteiger partial charge < -0.3 is 4.90 Å². The fraction of sp³-hybridized carbons (Fsp3) is 0.588. The minimum atomic E-state index is -3.69. The van der Waals surface area contributed by atoms with Gasteiger partial charge in [-0.25, -0.2) is 8.42 Å². The topological polar surface area (TPSA) is 66.5 Å². The van der Waals surface area contributed by atoms with Crippen molar-refractivity contribution in [2.75, 3.05) is 13.1 Å². The van der Waals surface area contributed by atoms with Gasteiger partial charge in [-0.15, -0.1) is 0 Å². The second-order valence-electron chi connectivity index (χ2n) is 7.15. The molecule has 1 aromatic rings. The Morgan fingerprint density at radius 3 is 2.13 bits per heavy atom. The lowest BCUT2D eigenvalue weighted by Gasteiger charge is -2.22. The molecule has 0 unspecified atom stereocenters. The lowest BCUT2D eigenvalue weighted by atomic mass is 9.87. The highest BCUT2D eigenvalue weighted by molar-refractivity contribution is 7.89. The third-order valence-electron chi connectivity index (χ3n) is 4.15. The molecule has 1 aliphatic heterocycles. The second-order valence-corrected chi connectivity index (χ2v) is 8.86. The van der Waals surface area contributed by atoms with Crippen LogP contribution in [0, 0.1) is 0 Å². The Labute approximate surface area is 139 Å². The molecule has 0 saturated carbocycles. The zero-order valence-corrected chi connectivity index (χ0v) is 15.1. The van der Waals surface area contributed by atoms with Crippen LogP contribution in [0.2, 0.25) is 0 Å². The number of benzene rings is 1. The molecule has 23 heavy (non-hydrogen) atoms. The highest BCUT2D eigenvalue weighted by Crippen LogP contribution is 2.23. The highest BCUT2D eigenvalue weighted by Gasteiger charge is 2.27. The maximum absolute atomic E-state index is 12.4. The molecular formula is C17H26N2O3S. The molecular weight excluding hydrogens is 312 g/mol. The van der Waals surface area contributed by atoms with Gasteiger partial charge in [-0.3, -0.25) is 4.79 Å². The fourth-order valence-electron chi connectivity index (χ4n) is 2.70. The minimum Gasteiger partial charge on any atom is -0.341 e. The number of hydrogen-bond acceptors (Lipinski definition) is 3. The molecule has 1 amide bonds. The molecule has 0 aromatic heterocycles. The summed E-state index contributed by atoms with van der Waals surface area (Å²) in [7, 11) is -3.69. The Bertz CT molecular complexity index is 654. The SMILES string of the molecule is C[C@@H](NS(=O)(=O)c1ccc(C(C)(C)C)cc1)C(=O)N1CCCC1. The van der Waals surface area contributed by atoms with Gasteiger partial charge in [-0.2, -0.15) is 4.72 Å². The van der Waals surface area contributed by atoms with E-state index < -0.39 is 16.1 Å². The van der Waals surface area contributed by atoms with Gasteiger partial charge >= 0.3 is 0 Å². The largest absolute Gasteiger partial charge is 0.341 e. The van der Waals surface area contributed by atoms with E-state index in [1.807, 2.05) is 12.1 Å². The van der Waals surface area contributed by atoms with Gasteiger partial charge in [0.25, 0.3) is 0 Å². The summed E-state index contributed by atoms with van der Waals surface area (Å²) in [6.45, 7) is 9.25. The van der Waals surface area contributed by atoms with E-state index in [9.17, 15) is 13.2 Å². The van der Waals surface area contributed by atoms with Crippen molar-refractivity contribution in [1.82, 2.24) is 9.62 Å². The van der Waals surface area contributed by atoms with Crippen LogP contribution in [0.5, 0.6) is 0 Å². The van der Waals surface area contributed by atoms with Gasteiger partial charge in [0.2, 0.25) is 15.9 Å². The summed E-state index contributed by atoms with van der Waals surface area (Å²) in [5.74, 6) is -0.155. The quantitative estimate of drug-likeness (QED) is 0.916. The summed E-state index contributed by atoms with van der Waals surface area (Å²) >= 11 is 0. The van der Waals surface area contributed by atoms with E-state index in [1.165, 1.54) is 0 Å². The van der Waals surface area contributed by atoms with Crippen LogP contribution in [0.3, 0.4) is 0 Å². The summed E-state index contributed by atoms with van der Waals surface area (Å²) in [6.07, 6.45) is 1.97. The third-order valence-corrected chi connectivity index (χ3v) is 5.71. The zero-order chi connectivity index (χ0) is 17.3. The molecule has 0 spiro atoms. The monoisotopic (exact) mass is 338 g/mol. The molecule has 2 rings (SSSR count). The molecule has 5 nitrogen and oxygen atoms in total. The van der Waals surface area contributed by atoms with E-state index in [-0.39, 0.29) is 16.2 Å². The van der Waals surface area contributed by atoms with Gasteiger partial charge in [-0.05, 0) is 42.9 Å². The number of amides is 1. The van der Waals surface area contributed by atoms with Crippen molar-refractivity contribution >= 4 is 15.9 Å². The Balaban J connectivity index is 2.10. The average molecular weight is 338 g/mol. The third kappa shape index (κ3) is 4.32. The number of carbonyl (C=O) groups is 1. The van der Waals surface area contributed by atoms with Crippen LogP contribution in [0.15, 0.2) is 29.2 Å². The number of nitrogens with zero attached hydrogens (tertiary/aromatic N) is 1. The van der Waals surface area contributed by atoms with Gasteiger partial charge in [0.1, 0.15) is 0 Å². The Kier molecular flexibility index (Phi) is 5.16. The molecule has 1 fully saturated rings. The van der Waals surface area contributed by atoms with Crippen molar-refractivity contribution in [3.05, 3.63) is 29.8 Å². The molecule has 1 aliphatic rings. The van der Waals surface area contributed by atoms with Crippen molar-refractivity contribution in [3.63, 3.8) is 0 Å². The standard InChI is InChI=1S/C17H26N2O3S/c1-13(16(20)19-11-5-6-12-19)18-23(21,22)15-9-7-14(8-10-15)17(2,3)4/h7-10,13,18H,5-6,11-12H2,1-4H3/t13-/m1/s1. The number of nitrogens with one attached hydrogen (secondary N) is 1. The molecule has 1 N–H and O–H groups in total. The number of likely N-dealkylation sites (tertiary alicyclic amines) is 1. The maximum atomic E-state index is 12.4. The number of rotatable bonds is 4. The van der Waals surface area contributed by atoms with Crippen molar-refractivity contribution < 1.29 is 13.2 Å². The molecule has 0 aliphatic carbocycles. The smallest absolute Gasteiger partial charge is 0.241 e. The lowest BCUT2D eigenvalue weighted by Crippen LogP contribution is -2.45. The summed E-state index contributed by atoms with van der Waals surface area (Å²) in [6, 6.07) is 6.08.